The molecule has 2 rings (SSSR count). The van der Waals surface area contributed by atoms with Gasteiger partial charge in [0.15, 0.2) is 0 Å². The molecule has 5 heteroatoms. The Balaban J connectivity index is 1.98. The summed E-state index contributed by atoms with van der Waals surface area (Å²) in [6.07, 6.45) is 4.76. The van der Waals surface area contributed by atoms with E-state index in [1.165, 1.54) is 6.08 Å². The Morgan fingerprint density at radius 3 is 2.65 bits per heavy atom. The first kappa shape index (κ1) is 16.6. The van der Waals surface area contributed by atoms with Crippen LogP contribution in [0.4, 0.5) is 11.4 Å². The molecule has 0 heterocycles. The predicted molar refractivity (Wildman–Crippen MR) is 95.7 cm³/mol. The third kappa shape index (κ3) is 5.20. The molecule has 0 aliphatic heterocycles. The minimum Gasteiger partial charge on any atom is -0.487 e. The maximum Gasteiger partial charge on any atom is 0.248 e. The lowest BCUT2D eigenvalue weighted by Gasteiger charge is -2.07. The average molecular weight is 329 g/mol. The lowest BCUT2D eigenvalue weighted by atomic mass is 10.1. The number of benzene rings is 2. The molecule has 2 aromatic carbocycles. The summed E-state index contributed by atoms with van der Waals surface area (Å²) >= 11 is 5.79. The highest BCUT2D eigenvalue weighted by Gasteiger charge is 2.01. The molecule has 1 amide bonds. The standard InChI is InChI=1S/C18H17ClN2O2/c1-2-11-23-17-9-3-13(12-16(17)20)4-10-18(22)21-15-7-5-14(19)6-8-15/h2-10,12H,1,11,20H2,(H,21,22)/b10-4-. The molecule has 0 aliphatic rings. The van der Waals surface area contributed by atoms with Gasteiger partial charge in [0.25, 0.3) is 0 Å². The molecule has 0 atom stereocenters. The molecule has 0 saturated heterocycles. The van der Waals surface area contributed by atoms with Crippen LogP contribution in [-0.4, -0.2) is 12.5 Å². The van der Waals surface area contributed by atoms with E-state index in [0.717, 1.165) is 5.56 Å². The number of nitrogens with two attached hydrogens (primary N) is 1. The highest BCUT2D eigenvalue weighted by Crippen LogP contribution is 2.23. The van der Waals surface area contributed by atoms with Gasteiger partial charge in [-0.3, -0.25) is 4.79 Å². The second kappa shape index (κ2) is 8.06. The van der Waals surface area contributed by atoms with Crippen molar-refractivity contribution in [3.8, 4) is 5.75 Å². The smallest absolute Gasteiger partial charge is 0.248 e. The number of halogens is 1. The highest BCUT2D eigenvalue weighted by molar-refractivity contribution is 6.30. The van der Waals surface area contributed by atoms with Crippen LogP contribution in [0.1, 0.15) is 5.56 Å². The van der Waals surface area contributed by atoms with Crippen LogP contribution in [0.25, 0.3) is 6.08 Å². The van der Waals surface area contributed by atoms with E-state index in [-0.39, 0.29) is 5.91 Å². The van der Waals surface area contributed by atoms with Gasteiger partial charge in [-0.25, -0.2) is 0 Å². The summed E-state index contributed by atoms with van der Waals surface area (Å²) in [6.45, 7) is 3.97. The zero-order valence-corrected chi connectivity index (χ0v) is 13.2. The molecule has 2 aromatic rings. The number of nitrogens with one attached hydrogen (secondary N) is 1. The van der Waals surface area contributed by atoms with Gasteiger partial charge in [-0.2, -0.15) is 0 Å². The summed E-state index contributed by atoms with van der Waals surface area (Å²) < 4.78 is 5.40. The van der Waals surface area contributed by atoms with Crippen LogP contribution in [0.15, 0.2) is 61.2 Å². The predicted octanol–water partition coefficient (Wildman–Crippen LogP) is 4.14. The van der Waals surface area contributed by atoms with E-state index in [2.05, 4.69) is 11.9 Å². The van der Waals surface area contributed by atoms with Crippen molar-refractivity contribution < 1.29 is 9.53 Å². The molecule has 118 valence electrons. The van der Waals surface area contributed by atoms with Gasteiger partial charge in [-0.15, -0.1) is 0 Å². The molecule has 0 unspecified atom stereocenters. The first-order chi connectivity index (χ1) is 11.1. The second-order valence-corrected chi connectivity index (χ2v) is 5.16. The number of nitrogen functional groups attached to an aromatic ring is 1. The summed E-state index contributed by atoms with van der Waals surface area (Å²) in [7, 11) is 0. The maximum absolute atomic E-state index is 11.9. The average Bonchev–Trinajstić information content (AvgIpc) is 2.54. The third-order valence-corrected chi connectivity index (χ3v) is 3.18. The Morgan fingerprint density at radius 2 is 2.00 bits per heavy atom. The van der Waals surface area contributed by atoms with Crippen LogP contribution < -0.4 is 15.8 Å². The number of rotatable bonds is 6. The van der Waals surface area contributed by atoms with E-state index in [0.29, 0.717) is 28.8 Å². The molecule has 0 aliphatic carbocycles. The fourth-order valence-electron chi connectivity index (χ4n) is 1.84. The lowest BCUT2D eigenvalue weighted by Crippen LogP contribution is -2.07. The summed E-state index contributed by atoms with van der Waals surface area (Å²) in [5.74, 6) is 0.352. The Hall–Kier alpha value is -2.72. The number of carbonyl (C=O) groups excluding carboxylic acids is 1. The monoisotopic (exact) mass is 328 g/mol. The number of hydrogen-bond donors (Lipinski definition) is 2. The largest absolute Gasteiger partial charge is 0.487 e. The number of anilines is 2. The van der Waals surface area contributed by atoms with Crippen molar-refractivity contribution in [1.29, 1.82) is 0 Å². The molecular formula is C18H17ClN2O2. The second-order valence-electron chi connectivity index (χ2n) is 4.73. The Kier molecular flexibility index (Phi) is 5.83. The van der Waals surface area contributed by atoms with Gasteiger partial charge in [-0.05, 0) is 48.0 Å². The highest BCUT2D eigenvalue weighted by atomic mass is 35.5. The molecule has 0 radical (unpaired) electrons. The fraction of sp³-hybridized carbons (Fsp3) is 0.0556. The van der Waals surface area contributed by atoms with Gasteiger partial charge in [0.05, 0.1) is 5.69 Å². The van der Waals surface area contributed by atoms with E-state index in [1.54, 1.807) is 48.6 Å². The van der Waals surface area contributed by atoms with E-state index in [4.69, 9.17) is 22.1 Å². The normalized spacial score (nSPS) is 10.5. The molecule has 0 bridgehead atoms. The lowest BCUT2D eigenvalue weighted by molar-refractivity contribution is -0.111. The molecule has 0 saturated carbocycles. The van der Waals surface area contributed by atoms with E-state index >= 15 is 0 Å². The van der Waals surface area contributed by atoms with Gasteiger partial charge in [-0.1, -0.05) is 30.3 Å². The van der Waals surface area contributed by atoms with E-state index < -0.39 is 0 Å². The molecule has 3 N–H and O–H groups in total. The zero-order valence-electron chi connectivity index (χ0n) is 12.5. The maximum atomic E-state index is 11.9. The molecule has 0 fully saturated rings. The van der Waals surface area contributed by atoms with Gasteiger partial charge in [0.2, 0.25) is 5.91 Å². The van der Waals surface area contributed by atoms with Crippen molar-refractivity contribution in [2.24, 2.45) is 0 Å². The van der Waals surface area contributed by atoms with Gasteiger partial charge < -0.3 is 15.8 Å². The molecule has 4 nitrogen and oxygen atoms in total. The molecule has 0 spiro atoms. The number of carbonyl (C=O) groups is 1. The summed E-state index contributed by atoms with van der Waals surface area (Å²) in [6, 6.07) is 12.2. The van der Waals surface area contributed by atoms with Crippen LogP contribution in [0, 0.1) is 0 Å². The SMILES string of the molecule is C=CCOc1ccc(/C=C\C(=O)Nc2ccc(Cl)cc2)cc1N. The van der Waals surface area contributed by atoms with Crippen molar-refractivity contribution in [3.63, 3.8) is 0 Å². The minimum atomic E-state index is -0.238. The first-order valence-electron chi connectivity index (χ1n) is 6.96. The van der Waals surface area contributed by atoms with Crippen LogP contribution in [-0.2, 0) is 4.79 Å². The Morgan fingerprint density at radius 1 is 1.26 bits per heavy atom. The van der Waals surface area contributed by atoms with E-state index in [1.807, 2.05) is 6.07 Å². The number of ether oxygens (including phenoxy) is 1. The Labute approximate surface area is 140 Å². The fourth-order valence-corrected chi connectivity index (χ4v) is 1.97. The quantitative estimate of drug-likeness (QED) is 0.476. The van der Waals surface area contributed by atoms with Crippen molar-refractivity contribution in [3.05, 3.63) is 71.8 Å². The molecule has 23 heavy (non-hydrogen) atoms. The molecule has 0 aromatic heterocycles. The summed E-state index contributed by atoms with van der Waals surface area (Å²) in [4.78, 5) is 11.9. The van der Waals surface area contributed by atoms with Crippen LogP contribution >= 0.6 is 11.6 Å². The minimum absolute atomic E-state index is 0.238. The number of amides is 1. The van der Waals surface area contributed by atoms with Gasteiger partial charge in [0, 0.05) is 16.8 Å². The number of hydrogen-bond acceptors (Lipinski definition) is 3. The third-order valence-electron chi connectivity index (χ3n) is 2.93. The Bertz CT molecular complexity index is 724. The summed E-state index contributed by atoms with van der Waals surface area (Å²) in [5, 5.41) is 3.36. The van der Waals surface area contributed by atoms with E-state index in [9.17, 15) is 4.79 Å². The van der Waals surface area contributed by atoms with Crippen LogP contribution in [0.5, 0.6) is 5.75 Å². The van der Waals surface area contributed by atoms with Crippen LogP contribution in [0.3, 0.4) is 0 Å². The zero-order chi connectivity index (χ0) is 16.7. The van der Waals surface area contributed by atoms with Crippen LogP contribution in [0.2, 0.25) is 5.02 Å². The van der Waals surface area contributed by atoms with Gasteiger partial charge >= 0.3 is 0 Å². The van der Waals surface area contributed by atoms with Crippen molar-refractivity contribution >= 4 is 35.0 Å². The van der Waals surface area contributed by atoms with Crippen molar-refractivity contribution in [2.45, 2.75) is 0 Å². The molecular weight excluding hydrogens is 312 g/mol. The summed E-state index contributed by atoms with van der Waals surface area (Å²) in [5.41, 5.74) is 7.89. The van der Waals surface area contributed by atoms with Gasteiger partial charge in [0.1, 0.15) is 12.4 Å². The van der Waals surface area contributed by atoms with Crippen molar-refractivity contribution in [2.75, 3.05) is 17.7 Å². The first-order valence-corrected chi connectivity index (χ1v) is 7.34. The van der Waals surface area contributed by atoms with Crippen molar-refractivity contribution in [1.82, 2.24) is 0 Å². The topological polar surface area (TPSA) is 64.3 Å².